The number of hydrogen-bond acceptors (Lipinski definition) is 3. The minimum absolute atomic E-state index is 0. The Kier molecular flexibility index (Phi) is 9.50. The summed E-state index contributed by atoms with van der Waals surface area (Å²) in [5.74, 6) is 0.240. The Morgan fingerprint density at radius 2 is 1.83 bits per heavy atom. The van der Waals surface area contributed by atoms with Gasteiger partial charge in [-0.1, -0.05) is 31.0 Å². The largest absolute Gasteiger partial charge is 0.573 e. The minimum atomic E-state index is -4.75. The molecule has 2 rings (SSSR count). The molecule has 1 amide bonds. The fourth-order valence-electron chi connectivity index (χ4n) is 3.52. The number of halogens is 4. The molecule has 0 saturated heterocycles. The van der Waals surface area contributed by atoms with Crippen LogP contribution in [-0.4, -0.2) is 50.8 Å². The van der Waals surface area contributed by atoms with Crippen molar-refractivity contribution in [1.29, 1.82) is 0 Å². The van der Waals surface area contributed by atoms with Gasteiger partial charge in [0.2, 0.25) is 5.91 Å². The fourth-order valence-corrected chi connectivity index (χ4v) is 3.52. The van der Waals surface area contributed by atoms with Crippen molar-refractivity contribution < 1.29 is 22.7 Å². The van der Waals surface area contributed by atoms with Gasteiger partial charge in [0, 0.05) is 39.8 Å². The molecule has 10 heteroatoms. The van der Waals surface area contributed by atoms with Crippen LogP contribution in [0.15, 0.2) is 29.3 Å². The third-order valence-corrected chi connectivity index (χ3v) is 4.88. The summed E-state index contributed by atoms with van der Waals surface area (Å²) >= 11 is 0. The predicted molar refractivity (Wildman–Crippen MR) is 116 cm³/mol. The highest BCUT2D eigenvalue weighted by Crippen LogP contribution is 2.38. The zero-order valence-electron chi connectivity index (χ0n) is 16.8. The molecule has 0 heterocycles. The number of nitrogens with one attached hydrogen (secondary N) is 2. The molecular weight excluding hydrogens is 500 g/mol. The lowest BCUT2D eigenvalue weighted by atomic mass is 9.84. The van der Waals surface area contributed by atoms with Crippen LogP contribution in [0.4, 0.5) is 13.2 Å². The lowest BCUT2D eigenvalue weighted by Crippen LogP contribution is -2.49. The third kappa shape index (κ3) is 7.23. The number of aliphatic imine (C=N–C) groups is 1. The summed E-state index contributed by atoms with van der Waals surface area (Å²) in [5.41, 5.74) is -0.124. The van der Waals surface area contributed by atoms with E-state index in [1.165, 1.54) is 12.1 Å². The molecule has 0 aromatic heterocycles. The molecule has 29 heavy (non-hydrogen) atoms. The maximum atomic E-state index is 12.6. The van der Waals surface area contributed by atoms with Crippen molar-refractivity contribution in [2.45, 2.75) is 38.6 Å². The standard InChI is InChI=1S/C19H27F3N4O2.HI/c1-23-17(25-13-18(10-6-7-11-18)16(27)26(2)3)24-12-14-8-4-5-9-15(14)28-19(20,21)22;/h4-5,8-9H,6-7,10-13H2,1-3H3,(H2,23,24,25);1H. The van der Waals surface area contributed by atoms with E-state index in [-0.39, 0.29) is 42.2 Å². The number of guanidine groups is 1. The first-order valence-electron chi connectivity index (χ1n) is 9.17. The number of alkyl halides is 3. The van der Waals surface area contributed by atoms with Gasteiger partial charge < -0.3 is 20.3 Å². The number of carbonyl (C=O) groups excluding carboxylic acids is 1. The van der Waals surface area contributed by atoms with Gasteiger partial charge in [-0.3, -0.25) is 9.79 Å². The topological polar surface area (TPSA) is 66.0 Å². The van der Waals surface area contributed by atoms with Crippen LogP contribution >= 0.6 is 24.0 Å². The monoisotopic (exact) mass is 528 g/mol. The Hall–Kier alpha value is -1.72. The van der Waals surface area contributed by atoms with E-state index in [2.05, 4.69) is 20.4 Å². The lowest BCUT2D eigenvalue weighted by Gasteiger charge is -2.31. The highest BCUT2D eigenvalue weighted by Gasteiger charge is 2.42. The van der Waals surface area contributed by atoms with E-state index < -0.39 is 11.8 Å². The molecule has 0 bridgehead atoms. The van der Waals surface area contributed by atoms with Gasteiger partial charge in [-0.15, -0.1) is 37.1 Å². The molecule has 1 saturated carbocycles. The van der Waals surface area contributed by atoms with Crippen molar-refractivity contribution in [2.24, 2.45) is 10.4 Å². The van der Waals surface area contributed by atoms with E-state index in [9.17, 15) is 18.0 Å². The maximum Gasteiger partial charge on any atom is 0.573 e. The predicted octanol–water partition coefficient (Wildman–Crippen LogP) is 3.52. The van der Waals surface area contributed by atoms with E-state index in [1.54, 1.807) is 38.2 Å². The normalized spacial score (nSPS) is 16.0. The van der Waals surface area contributed by atoms with Crippen LogP contribution in [-0.2, 0) is 11.3 Å². The summed E-state index contributed by atoms with van der Waals surface area (Å²) in [6.45, 7) is 0.519. The van der Waals surface area contributed by atoms with Crippen molar-refractivity contribution >= 4 is 35.8 Å². The van der Waals surface area contributed by atoms with Crippen LogP contribution in [0.25, 0.3) is 0 Å². The molecule has 1 fully saturated rings. The Morgan fingerprint density at radius 1 is 1.21 bits per heavy atom. The first kappa shape index (κ1) is 25.3. The molecule has 0 radical (unpaired) electrons. The first-order chi connectivity index (χ1) is 13.2. The molecular formula is C19H28F3IN4O2. The van der Waals surface area contributed by atoms with Gasteiger partial charge in [-0.25, -0.2) is 0 Å². The average molecular weight is 528 g/mol. The number of hydrogen-bond donors (Lipinski definition) is 2. The Bertz CT molecular complexity index is 705. The van der Waals surface area contributed by atoms with Crippen LogP contribution in [0, 0.1) is 5.41 Å². The van der Waals surface area contributed by atoms with Crippen molar-refractivity contribution in [2.75, 3.05) is 27.7 Å². The number of carbonyl (C=O) groups is 1. The quantitative estimate of drug-likeness (QED) is 0.337. The summed E-state index contributed by atoms with van der Waals surface area (Å²) in [6.07, 6.45) is -1.16. The summed E-state index contributed by atoms with van der Waals surface area (Å²) in [4.78, 5) is 18.3. The molecule has 0 atom stereocenters. The lowest BCUT2D eigenvalue weighted by molar-refractivity contribution is -0.274. The smallest absolute Gasteiger partial charge is 0.405 e. The Balaban J connectivity index is 0.00000420. The van der Waals surface area contributed by atoms with Crippen LogP contribution in [0.5, 0.6) is 5.75 Å². The number of ether oxygens (including phenoxy) is 1. The summed E-state index contributed by atoms with van der Waals surface area (Å²) in [7, 11) is 5.06. The molecule has 1 aromatic rings. The first-order valence-corrected chi connectivity index (χ1v) is 9.17. The third-order valence-electron chi connectivity index (χ3n) is 4.88. The van der Waals surface area contributed by atoms with Gasteiger partial charge in [0.05, 0.1) is 5.41 Å². The molecule has 1 aliphatic carbocycles. The molecule has 0 unspecified atom stereocenters. The number of rotatable bonds is 6. The van der Waals surface area contributed by atoms with Gasteiger partial charge in [0.1, 0.15) is 5.75 Å². The van der Waals surface area contributed by atoms with E-state index in [1.807, 2.05) is 0 Å². The molecule has 0 spiro atoms. The maximum absolute atomic E-state index is 12.6. The number of amides is 1. The second kappa shape index (κ2) is 10.9. The summed E-state index contributed by atoms with van der Waals surface area (Å²) < 4.78 is 41.7. The van der Waals surface area contributed by atoms with Crippen molar-refractivity contribution in [3.8, 4) is 5.75 Å². The number of nitrogens with zero attached hydrogens (tertiary/aromatic N) is 2. The van der Waals surface area contributed by atoms with Gasteiger partial charge in [0.25, 0.3) is 0 Å². The zero-order valence-corrected chi connectivity index (χ0v) is 19.1. The van der Waals surface area contributed by atoms with Gasteiger partial charge in [-0.2, -0.15) is 0 Å². The highest BCUT2D eigenvalue weighted by atomic mass is 127. The van der Waals surface area contributed by atoms with Gasteiger partial charge >= 0.3 is 6.36 Å². The SMILES string of the molecule is CN=C(NCc1ccccc1OC(F)(F)F)NCC1(C(=O)N(C)C)CCCC1.I. The second-order valence-electron chi connectivity index (χ2n) is 7.12. The molecule has 164 valence electrons. The molecule has 1 aromatic carbocycles. The van der Waals surface area contributed by atoms with Gasteiger partial charge in [-0.05, 0) is 18.9 Å². The van der Waals surface area contributed by atoms with E-state index in [4.69, 9.17) is 0 Å². The fraction of sp³-hybridized carbons (Fsp3) is 0.579. The van der Waals surface area contributed by atoms with Crippen LogP contribution < -0.4 is 15.4 Å². The molecule has 1 aliphatic rings. The summed E-state index contributed by atoms with van der Waals surface area (Å²) in [6, 6.07) is 5.94. The molecule has 6 nitrogen and oxygen atoms in total. The number of para-hydroxylation sites is 1. The molecule has 0 aliphatic heterocycles. The van der Waals surface area contributed by atoms with E-state index in [0.717, 1.165) is 25.7 Å². The van der Waals surface area contributed by atoms with Crippen molar-refractivity contribution in [1.82, 2.24) is 15.5 Å². The second-order valence-corrected chi connectivity index (χ2v) is 7.12. The minimum Gasteiger partial charge on any atom is -0.405 e. The Labute approximate surface area is 186 Å². The zero-order chi connectivity index (χ0) is 20.8. The van der Waals surface area contributed by atoms with Gasteiger partial charge in [0.15, 0.2) is 5.96 Å². The van der Waals surface area contributed by atoms with Crippen LogP contribution in [0.3, 0.4) is 0 Å². The number of benzene rings is 1. The summed E-state index contributed by atoms with van der Waals surface area (Å²) in [5, 5.41) is 6.14. The van der Waals surface area contributed by atoms with E-state index >= 15 is 0 Å². The van der Waals surface area contributed by atoms with Crippen molar-refractivity contribution in [3.63, 3.8) is 0 Å². The average Bonchev–Trinajstić information content (AvgIpc) is 3.11. The van der Waals surface area contributed by atoms with Crippen LogP contribution in [0.1, 0.15) is 31.2 Å². The Morgan fingerprint density at radius 3 is 2.38 bits per heavy atom. The molecule has 2 N–H and O–H groups in total. The van der Waals surface area contributed by atoms with Crippen molar-refractivity contribution in [3.05, 3.63) is 29.8 Å². The van der Waals surface area contributed by atoms with Crippen LogP contribution in [0.2, 0.25) is 0 Å². The highest BCUT2D eigenvalue weighted by molar-refractivity contribution is 14.0. The van der Waals surface area contributed by atoms with E-state index in [0.29, 0.717) is 18.1 Å².